The topological polar surface area (TPSA) is 106 Å². The summed E-state index contributed by atoms with van der Waals surface area (Å²) in [5.74, 6) is 1.78. The molecule has 1 fully saturated rings. The minimum atomic E-state index is -3.77. The summed E-state index contributed by atoms with van der Waals surface area (Å²) in [6.45, 7) is 0. The lowest BCUT2D eigenvalue weighted by Gasteiger charge is -2.09. The summed E-state index contributed by atoms with van der Waals surface area (Å²) in [7, 11) is -2.05. The first-order chi connectivity index (χ1) is 11.5. The molecule has 3 aromatic rings. The third kappa shape index (κ3) is 2.78. The Labute approximate surface area is 139 Å². The summed E-state index contributed by atoms with van der Waals surface area (Å²) >= 11 is 0. The molecule has 9 heteroatoms. The van der Waals surface area contributed by atoms with Crippen LogP contribution in [-0.2, 0) is 17.1 Å². The highest BCUT2D eigenvalue weighted by molar-refractivity contribution is 7.92. The summed E-state index contributed by atoms with van der Waals surface area (Å²) in [6.07, 6.45) is 5.12. The molecule has 4 rings (SSSR count). The van der Waals surface area contributed by atoms with Crippen LogP contribution in [-0.4, -0.2) is 33.2 Å². The maximum absolute atomic E-state index is 12.5. The van der Waals surface area contributed by atoms with Crippen LogP contribution in [0.1, 0.15) is 24.6 Å². The van der Waals surface area contributed by atoms with Crippen molar-refractivity contribution in [1.29, 1.82) is 0 Å². The van der Waals surface area contributed by atoms with Gasteiger partial charge in [0.1, 0.15) is 5.82 Å². The van der Waals surface area contributed by atoms with Gasteiger partial charge in [-0.05, 0) is 25.0 Å². The zero-order valence-corrected chi connectivity index (χ0v) is 13.8. The van der Waals surface area contributed by atoms with E-state index in [1.807, 2.05) is 6.07 Å². The molecular formula is C15H16N6O2S. The molecule has 2 aromatic heterocycles. The number of sulfonamides is 1. The molecule has 0 unspecified atom stereocenters. The van der Waals surface area contributed by atoms with Crippen LogP contribution in [0.4, 0.5) is 5.69 Å². The number of anilines is 1. The Hall–Kier alpha value is -2.68. The molecular weight excluding hydrogens is 328 g/mol. The first-order valence-electron chi connectivity index (χ1n) is 7.55. The van der Waals surface area contributed by atoms with E-state index in [1.54, 1.807) is 29.8 Å². The normalized spacial score (nSPS) is 14.7. The number of benzene rings is 1. The van der Waals surface area contributed by atoms with Gasteiger partial charge in [-0.25, -0.2) is 9.97 Å². The van der Waals surface area contributed by atoms with Crippen LogP contribution >= 0.6 is 0 Å². The number of H-pyrrole nitrogens is 1. The van der Waals surface area contributed by atoms with Crippen molar-refractivity contribution in [2.45, 2.75) is 23.8 Å². The van der Waals surface area contributed by atoms with Gasteiger partial charge in [-0.15, -0.1) is 0 Å². The van der Waals surface area contributed by atoms with Crippen molar-refractivity contribution in [2.24, 2.45) is 7.05 Å². The first kappa shape index (κ1) is 14.9. The van der Waals surface area contributed by atoms with E-state index >= 15 is 0 Å². The average Bonchev–Trinajstić information content (AvgIpc) is 3.11. The van der Waals surface area contributed by atoms with E-state index in [0.29, 0.717) is 23.0 Å². The van der Waals surface area contributed by atoms with E-state index in [1.165, 1.54) is 12.5 Å². The SMILES string of the molecule is Cn1cnc(S(=O)(=O)Nc2ccccc2-c2n[nH]c(C3CC3)n2)c1. The molecule has 0 spiro atoms. The number of rotatable bonds is 5. The van der Waals surface area contributed by atoms with E-state index in [9.17, 15) is 8.42 Å². The predicted octanol–water partition coefficient (Wildman–Crippen LogP) is 1.88. The van der Waals surface area contributed by atoms with Gasteiger partial charge < -0.3 is 4.57 Å². The quantitative estimate of drug-likeness (QED) is 0.735. The Balaban J connectivity index is 1.68. The van der Waals surface area contributed by atoms with Crippen LogP contribution in [0.2, 0.25) is 0 Å². The van der Waals surface area contributed by atoms with Gasteiger partial charge in [-0.3, -0.25) is 9.82 Å². The molecule has 0 aliphatic heterocycles. The molecule has 2 heterocycles. The third-order valence-electron chi connectivity index (χ3n) is 3.84. The number of nitrogens with zero attached hydrogens (tertiary/aromatic N) is 4. The zero-order valence-electron chi connectivity index (χ0n) is 13.0. The highest BCUT2D eigenvalue weighted by Crippen LogP contribution is 2.38. The van der Waals surface area contributed by atoms with Crippen LogP contribution in [0.5, 0.6) is 0 Å². The van der Waals surface area contributed by atoms with Crippen molar-refractivity contribution in [3.63, 3.8) is 0 Å². The number of imidazole rings is 1. The van der Waals surface area contributed by atoms with Crippen molar-refractivity contribution in [3.05, 3.63) is 42.6 Å². The molecule has 1 aromatic carbocycles. The summed E-state index contributed by atoms with van der Waals surface area (Å²) in [4.78, 5) is 8.39. The summed E-state index contributed by atoms with van der Waals surface area (Å²) in [5.41, 5.74) is 1.05. The van der Waals surface area contributed by atoms with Gasteiger partial charge in [0.05, 0.1) is 12.0 Å². The lowest BCUT2D eigenvalue weighted by atomic mass is 10.2. The Morgan fingerprint density at radius 1 is 1.29 bits per heavy atom. The van der Waals surface area contributed by atoms with Gasteiger partial charge in [-0.1, -0.05) is 12.1 Å². The van der Waals surface area contributed by atoms with Gasteiger partial charge in [0.2, 0.25) is 0 Å². The fourth-order valence-electron chi connectivity index (χ4n) is 2.43. The Morgan fingerprint density at radius 3 is 2.79 bits per heavy atom. The maximum atomic E-state index is 12.5. The Kier molecular flexibility index (Phi) is 3.38. The average molecular weight is 344 g/mol. The highest BCUT2D eigenvalue weighted by atomic mass is 32.2. The first-order valence-corrected chi connectivity index (χ1v) is 9.04. The van der Waals surface area contributed by atoms with Crippen molar-refractivity contribution >= 4 is 15.7 Å². The van der Waals surface area contributed by atoms with Gasteiger partial charge in [0.15, 0.2) is 10.9 Å². The number of aromatic nitrogens is 5. The molecule has 8 nitrogen and oxygen atoms in total. The molecule has 0 amide bonds. The van der Waals surface area contributed by atoms with Crippen molar-refractivity contribution in [2.75, 3.05) is 4.72 Å². The fourth-order valence-corrected chi connectivity index (χ4v) is 3.49. The second-order valence-corrected chi connectivity index (χ2v) is 7.48. The minimum absolute atomic E-state index is 0.0338. The van der Waals surface area contributed by atoms with Gasteiger partial charge in [0, 0.05) is 24.7 Å². The van der Waals surface area contributed by atoms with Crippen molar-refractivity contribution in [3.8, 4) is 11.4 Å². The molecule has 124 valence electrons. The van der Waals surface area contributed by atoms with Crippen molar-refractivity contribution < 1.29 is 8.42 Å². The summed E-state index contributed by atoms with van der Waals surface area (Å²) in [5, 5.41) is 7.13. The standard InChI is InChI=1S/C15H16N6O2S/c1-21-8-13(16-9-21)24(22,23)20-12-5-3-2-4-11(12)15-17-14(18-19-15)10-6-7-10/h2-5,8-10,20H,6-7H2,1H3,(H,17,18,19). The lowest BCUT2D eigenvalue weighted by Crippen LogP contribution is -2.14. The van der Waals surface area contributed by atoms with Crippen LogP contribution in [0, 0.1) is 0 Å². The molecule has 0 atom stereocenters. The monoisotopic (exact) mass is 344 g/mol. The molecule has 0 saturated heterocycles. The van der Waals surface area contributed by atoms with E-state index in [2.05, 4.69) is 24.9 Å². The van der Waals surface area contributed by atoms with Gasteiger partial charge in [0.25, 0.3) is 10.0 Å². The van der Waals surface area contributed by atoms with Crippen LogP contribution in [0.15, 0.2) is 41.8 Å². The van der Waals surface area contributed by atoms with Crippen LogP contribution in [0.25, 0.3) is 11.4 Å². The van der Waals surface area contributed by atoms with E-state index in [0.717, 1.165) is 18.7 Å². The predicted molar refractivity (Wildman–Crippen MR) is 87.8 cm³/mol. The molecule has 0 radical (unpaired) electrons. The van der Waals surface area contributed by atoms with E-state index in [-0.39, 0.29) is 5.03 Å². The number of hydrogen-bond acceptors (Lipinski definition) is 5. The number of para-hydroxylation sites is 1. The maximum Gasteiger partial charge on any atom is 0.280 e. The fraction of sp³-hybridized carbons (Fsp3) is 0.267. The largest absolute Gasteiger partial charge is 0.339 e. The smallest absolute Gasteiger partial charge is 0.280 e. The summed E-state index contributed by atoms with van der Waals surface area (Å²) < 4.78 is 29.1. The second-order valence-electron chi connectivity index (χ2n) is 5.85. The Bertz CT molecular complexity index is 987. The molecule has 1 aliphatic rings. The number of aryl methyl sites for hydroxylation is 1. The minimum Gasteiger partial charge on any atom is -0.339 e. The summed E-state index contributed by atoms with van der Waals surface area (Å²) in [6, 6.07) is 7.05. The second kappa shape index (κ2) is 5.45. The highest BCUT2D eigenvalue weighted by Gasteiger charge is 2.28. The van der Waals surface area contributed by atoms with E-state index < -0.39 is 10.0 Å². The molecule has 1 aliphatic carbocycles. The third-order valence-corrected chi connectivity index (χ3v) is 5.09. The van der Waals surface area contributed by atoms with Crippen molar-refractivity contribution in [1.82, 2.24) is 24.7 Å². The molecule has 2 N–H and O–H groups in total. The zero-order chi connectivity index (χ0) is 16.7. The van der Waals surface area contributed by atoms with Crippen LogP contribution in [0.3, 0.4) is 0 Å². The van der Waals surface area contributed by atoms with Crippen LogP contribution < -0.4 is 4.72 Å². The number of aromatic amines is 1. The molecule has 0 bridgehead atoms. The van der Waals surface area contributed by atoms with Gasteiger partial charge in [-0.2, -0.15) is 13.5 Å². The van der Waals surface area contributed by atoms with E-state index in [4.69, 9.17) is 0 Å². The van der Waals surface area contributed by atoms with Gasteiger partial charge >= 0.3 is 0 Å². The molecule has 24 heavy (non-hydrogen) atoms. The number of nitrogens with one attached hydrogen (secondary N) is 2. The Morgan fingerprint density at radius 2 is 2.08 bits per heavy atom. The molecule has 1 saturated carbocycles. The lowest BCUT2D eigenvalue weighted by molar-refractivity contribution is 0.598. The number of hydrogen-bond donors (Lipinski definition) is 2.